The first kappa shape index (κ1) is 13.5. The monoisotopic (exact) mass is 431 g/mol. The van der Waals surface area contributed by atoms with Crippen LogP contribution in [0.1, 0.15) is 12.0 Å². The summed E-state index contributed by atoms with van der Waals surface area (Å²) in [6, 6.07) is 0. The number of aromatic nitrogens is 1. The molecule has 15 heavy (non-hydrogen) atoms. The van der Waals surface area contributed by atoms with Crippen LogP contribution in [0.25, 0.3) is 0 Å². The van der Waals surface area contributed by atoms with E-state index in [9.17, 15) is 17.2 Å². The Balaban J connectivity index is 3.48. The molecule has 1 aromatic heterocycles. The van der Waals surface area contributed by atoms with Gasteiger partial charge in [0.25, 0.3) is 15.5 Å². The maximum atomic E-state index is 12.4. The Morgan fingerprint density at radius 3 is 2.47 bits per heavy atom. The molecule has 1 heterocycles. The number of alkyl halides is 2. The molecule has 0 aliphatic rings. The van der Waals surface area contributed by atoms with Crippen molar-refractivity contribution in [2.24, 2.45) is 0 Å². The Kier molecular flexibility index (Phi) is 4.29. The lowest BCUT2D eigenvalue weighted by atomic mass is 10.3. The molecule has 1 rings (SSSR count). The second-order valence-corrected chi connectivity index (χ2v) is 6.74. The second kappa shape index (κ2) is 4.76. The van der Waals surface area contributed by atoms with E-state index in [1.807, 2.05) is 0 Å². The number of hydrogen-bond donors (Lipinski definition) is 0. The molecule has 0 aromatic carbocycles. The van der Waals surface area contributed by atoms with E-state index in [1.165, 1.54) is 0 Å². The quantitative estimate of drug-likeness (QED) is 0.532. The van der Waals surface area contributed by atoms with Crippen molar-refractivity contribution in [1.82, 2.24) is 4.98 Å². The van der Waals surface area contributed by atoms with Gasteiger partial charge in [-0.05, 0) is 38.5 Å². The van der Waals surface area contributed by atoms with Crippen LogP contribution in [-0.2, 0) is 9.05 Å². The Bertz CT molecular complexity index is 496. The van der Waals surface area contributed by atoms with Crippen LogP contribution in [0.3, 0.4) is 0 Å². The first-order chi connectivity index (χ1) is 6.75. The zero-order valence-corrected chi connectivity index (χ0v) is 12.0. The Labute approximate surface area is 111 Å². The van der Waals surface area contributed by atoms with Gasteiger partial charge in [-0.2, -0.15) is 0 Å². The van der Waals surface area contributed by atoms with Crippen LogP contribution in [0.2, 0.25) is 0 Å². The summed E-state index contributed by atoms with van der Waals surface area (Å²) >= 11 is 4.46. The van der Waals surface area contributed by atoms with E-state index in [1.54, 1.807) is 22.6 Å². The normalized spacial score (nSPS) is 12.1. The first-order valence-electron chi connectivity index (χ1n) is 3.32. The van der Waals surface area contributed by atoms with Crippen LogP contribution in [-0.4, -0.2) is 13.4 Å². The van der Waals surface area contributed by atoms with Crippen molar-refractivity contribution in [3.05, 3.63) is 19.8 Å². The second-order valence-electron chi connectivity index (χ2n) is 2.39. The van der Waals surface area contributed by atoms with Gasteiger partial charge < -0.3 is 0 Å². The fourth-order valence-corrected chi connectivity index (χ4v) is 3.94. The molecular weight excluding hydrogens is 430 g/mol. The van der Waals surface area contributed by atoms with Crippen molar-refractivity contribution in [1.29, 1.82) is 0 Å². The van der Waals surface area contributed by atoms with Gasteiger partial charge in [-0.3, -0.25) is 0 Å². The van der Waals surface area contributed by atoms with Crippen molar-refractivity contribution in [2.45, 2.75) is 11.5 Å². The topological polar surface area (TPSA) is 47.0 Å². The van der Waals surface area contributed by atoms with Gasteiger partial charge in [0.05, 0.1) is 9.13 Å². The molecule has 0 atom stereocenters. The summed E-state index contributed by atoms with van der Waals surface area (Å²) in [6.45, 7) is 0. The molecule has 0 saturated heterocycles. The lowest BCUT2D eigenvalue weighted by Crippen LogP contribution is -2.02. The molecule has 3 nitrogen and oxygen atoms in total. The summed E-state index contributed by atoms with van der Waals surface area (Å²) in [5.41, 5.74) is -0.372. The molecule has 0 fully saturated rings. The molecule has 0 saturated carbocycles. The molecule has 0 N–H and O–H groups in total. The summed E-state index contributed by atoms with van der Waals surface area (Å²) < 4.78 is 46.7. The molecule has 0 bridgehead atoms. The number of pyridine rings is 1. The number of hydrogen-bond acceptors (Lipinski definition) is 3. The summed E-state index contributed by atoms with van der Waals surface area (Å²) in [4.78, 5) is 3.39. The summed E-state index contributed by atoms with van der Waals surface area (Å²) in [7, 11) is 1.04. The molecule has 0 aliphatic carbocycles. The highest BCUT2D eigenvalue weighted by molar-refractivity contribution is 14.1. The van der Waals surface area contributed by atoms with Crippen molar-refractivity contribution >= 4 is 58.3 Å². The average Bonchev–Trinajstić information content (AvgIpc) is 2.06. The minimum absolute atomic E-state index is 0.00711. The van der Waals surface area contributed by atoms with Crippen molar-refractivity contribution in [2.75, 3.05) is 0 Å². The third-order valence-electron chi connectivity index (χ3n) is 1.42. The van der Waals surface area contributed by atoms with E-state index in [4.69, 9.17) is 10.7 Å². The van der Waals surface area contributed by atoms with Crippen LogP contribution in [0, 0.1) is 3.57 Å². The van der Waals surface area contributed by atoms with E-state index in [-0.39, 0.29) is 13.6 Å². The van der Waals surface area contributed by atoms with Crippen LogP contribution >= 0.6 is 49.2 Å². The Morgan fingerprint density at radius 1 is 1.53 bits per heavy atom. The third kappa shape index (κ3) is 2.98. The van der Waals surface area contributed by atoms with Gasteiger partial charge in [0.2, 0.25) is 0 Å². The molecule has 9 heteroatoms. The van der Waals surface area contributed by atoms with E-state index >= 15 is 0 Å². The maximum Gasteiger partial charge on any atom is 0.279 e. The van der Waals surface area contributed by atoms with Crippen molar-refractivity contribution < 1.29 is 17.2 Å². The zero-order valence-electron chi connectivity index (χ0n) is 6.72. The number of rotatable bonds is 2. The Morgan fingerprint density at radius 2 is 2.07 bits per heavy atom. The Hall–Kier alpha value is 0.460. The smallest absolute Gasteiger partial charge is 0.242 e. The maximum absolute atomic E-state index is 12.4. The molecule has 0 radical (unpaired) electrons. The van der Waals surface area contributed by atoms with E-state index < -0.39 is 20.5 Å². The van der Waals surface area contributed by atoms with Crippen LogP contribution in [0.4, 0.5) is 8.78 Å². The summed E-state index contributed by atoms with van der Waals surface area (Å²) in [5, 5.41) is -0.430. The molecule has 0 spiro atoms. The molecule has 0 unspecified atom stereocenters. The molecule has 1 aromatic rings. The van der Waals surface area contributed by atoms with Crippen LogP contribution in [0.15, 0.2) is 15.7 Å². The fraction of sp³-hybridized carbons (Fsp3) is 0.167. The van der Waals surface area contributed by atoms with Gasteiger partial charge in [-0.25, -0.2) is 22.2 Å². The lowest BCUT2D eigenvalue weighted by molar-refractivity contribution is 0.150. The predicted octanol–water partition coefficient (Wildman–Crippen LogP) is 3.31. The van der Waals surface area contributed by atoms with E-state index in [0.29, 0.717) is 0 Å². The zero-order chi connectivity index (χ0) is 11.8. The fourth-order valence-electron chi connectivity index (χ4n) is 0.784. The number of halogens is 5. The molecule has 84 valence electrons. The summed E-state index contributed by atoms with van der Waals surface area (Å²) in [6.07, 6.45) is -1.95. The van der Waals surface area contributed by atoms with Gasteiger partial charge in [-0.1, -0.05) is 0 Å². The standard InChI is InChI=1S/C6H2BrClF2INO2S/c7-3-2(5(9)10)1-12-6(4(3)11)15(8,13)14/h1,5H. The SMILES string of the molecule is O=S(=O)(Cl)c1ncc(C(F)F)c(Br)c1I. The minimum Gasteiger partial charge on any atom is -0.242 e. The third-order valence-corrected chi connectivity index (χ3v) is 5.64. The predicted molar refractivity (Wildman–Crippen MR) is 62.6 cm³/mol. The van der Waals surface area contributed by atoms with Gasteiger partial charge >= 0.3 is 0 Å². The highest BCUT2D eigenvalue weighted by Gasteiger charge is 2.23. The first-order valence-corrected chi connectivity index (χ1v) is 7.50. The van der Waals surface area contributed by atoms with Gasteiger partial charge in [0, 0.05) is 21.4 Å². The van der Waals surface area contributed by atoms with Gasteiger partial charge in [-0.15, -0.1) is 0 Å². The highest BCUT2D eigenvalue weighted by Crippen LogP contribution is 2.33. The minimum atomic E-state index is -4.02. The molecule has 0 amide bonds. The van der Waals surface area contributed by atoms with E-state index in [2.05, 4.69) is 20.9 Å². The van der Waals surface area contributed by atoms with Crippen molar-refractivity contribution in [3.8, 4) is 0 Å². The number of nitrogens with zero attached hydrogens (tertiary/aromatic N) is 1. The van der Waals surface area contributed by atoms with Crippen LogP contribution in [0.5, 0.6) is 0 Å². The highest BCUT2D eigenvalue weighted by atomic mass is 127. The van der Waals surface area contributed by atoms with Crippen LogP contribution < -0.4 is 0 Å². The average molecular weight is 432 g/mol. The van der Waals surface area contributed by atoms with Gasteiger partial charge in [0.15, 0.2) is 5.03 Å². The van der Waals surface area contributed by atoms with E-state index in [0.717, 1.165) is 6.20 Å². The summed E-state index contributed by atoms with van der Waals surface area (Å²) in [5.74, 6) is 0. The van der Waals surface area contributed by atoms with Gasteiger partial charge in [0.1, 0.15) is 0 Å². The molecular formula is C6H2BrClF2INO2S. The lowest BCUT2D eigenvalue weighted by Gasteiger charge is -2.06. The largest absolute Gasteiger partial charge is 0.279 e. The molecule has 0 aliphatic heterocycles. The van der Waals surface area contributed by atoms with Crippen molar-refractivity contribution in [3.63, 3.8) is 0 Å².